The van der Waals surface area contributed by atoms with Crippen molar-refractivity contribution in [2.75, 3.05) is 37.9 Å². The summed E-state index contributed by atoms with van der Waals surface area (Å²) in [5.41, 5.74) is 1.37. The SMILES string of the molecule is COc1ccc(NC(=O)[C@@H]2CCCN(C(=O)Nc3cccc(OC)c3)C2)cc1. The largest absolute Gasteiger partial charge is 0.497 e. The minimum absolute atomic E-state index is 0.0796. The van der Waals surface area contributed by atoms with Crippen molar-refractivity contribution in [2.24, 2.45) is 5.92 Å². The Kier molecular flexibility index (Phi) is 6.37. The first-order valence-electron chi connectivity index (χ1n) is 9.24. The minimum atomic E-state index is -0.244. The zero-order valence-corrected chi connectivity index (χ0v) is 16.1. The average molecular weight is 383 g/mol. The van der Waals surface area contributed by atoms with E-state index in [0.717, 1.165) is 18.6 Å². The second kappa shape index (κ2) is 9.12. The molecule has 1 saturated heterocycles. The van der Waals surface area contributed by atoms with E-state index in [4.69, 9.17) is 9.47 Å². The average Bonchev–Trinajstić information content (AvgIpc) is 2.74. The molecule has 148 valence electrons. The molecule has 2 aromatic rings. The summed E-state index contributed by atoms with van der Waals surface area (Å²) in [5.74, 6) is 1.08. The number of nitrogens with zero attached hydrogens (tertiary/aromatic N) is 1. The number of carbonyl (C=O) groups is 2. The Bertz CT molecular complexity index is 823. The lowest BCUT2D eigenvalue weighted by molar-refractivity contribution is -0.121. The number of rotatable bonds is 5. The first kappa shape index (κ1) is 19.5. The summed E-state index contributed by atoms with van der Waals surface area (Å²) in [6.45, 7) is 1.01. The van der Waals surface area contributed by atoms with Crippen LogP contribution in [0.5, 0.6) is 11.5 Å². The highest BCUT2D eigenvalue weighted by Crippen LogP contribution is 2.22. The monoisotopic (exact) mass is 383 g/mol. The summed E-state index contributed by atoms with van der Waals surface area (Å²) in [6.07, 6.45) is 1.54. The summed E-state index contributed by atoms with van der Waals surface area (Å²) in [6, 6.07) is 14.2. The van der Waals surface area contributed by atoms with E-state index in [1.54, 1.807) is 55.5 Å². The molecule has 1 fully saturated rings. The highest BCUT2D eigenvalue weighted by molar-refractivity contribution is 5.94. The van der Waals surface area contributed by atoms with Gasteiger partial charge in [0.05, 0.1) is 20.1 Å². The van der Waals surface area contributed by atoms with Crippen LogP contribution in [0, 0.1) is 5.92 Å². The molecular formula is C21H25N3O4. The number of nitrogens with one attached hydrogen (secondary N) is 2. The number of amides is 3. The van der Waals surface area contributed by atoms with Gasteiger partial charge < -0.3 is 25.0 Å². The Morgan fingerprint density at radius 1 is 0.964 bits per heavy atom. The predicted octanol–water partition coefficient (Wildman–Crippen LogP) is 3.59. The van der Waals surface area contributed by atoms with Gasteiger partial charge in [0.25, 0.3) is 0 Å². The van der Waals surface area contributed by atoms with Gasteiger partial charge in [0.1, 0.15) is 11.5 Å². The number of urea groups is 1. The molecule has 7 nitrogen and oxygen atoms in total. The van der Waals surface area contributed by atoms with Crippen molar-refractivity contribution in [2.45, 2.75) is 12.8 Å². The Hall–Kier alpha value is -3.22. The van der Waals surface area contributed by atoms with Crippen LogP contribution in [0.15, 0.2) is 48.5 Å². The van der Waals surface area contributed by atoms with Crippen molar-refractivity contribution in [3.63, 3.8) is 0 Å². The Morgan fingerprint density at radius 3 is 2.43 bits per heavy atom. The number of anilines is 2. The summed E-state index contributed by atoms with van der Waals surface area (Å²) >= 11 is 0. The van der Waals surface area contributed by atoms with E-state index in [1.807, 2.05) is 12.1 Å². The second-order valence-corrected chi connectivity index (χ2v) is 6.67. The standard InChI is InChI=1S/C21H25N3O4/c1-27-18-10-8-16(9-11-18)22-20(25)15-5-4-12-24(14-15)21(26)23-17-6-3-7-19(13-17)28-2/h3,6-11,13,15H,4-5,12,14H2,1-2H3,(H,22,25)(H,23,26)/t15-/m1/s1. The van der Waals surface area contributed by atoms with Crippen LogP contribution < -0.4 is 20.1 Å². The lowest BCUT2D eigenvalue weighted by Gasteiger charge is -2.32. The molecule has 2 N–H and O–H groups in total. The van der Waals surface area contributed by atoms with Crippen molar-refractivity contribution < 1.29 is 19.1 Å². The van der Waals surface area contributed by atoms with Crippen LogP contribution >= 0.6 is 0 Å². The smallest absolute Gasteiger partial charge is 0.321 e. The van der Waals surface area contributed by atoms with Gasteiger partial charge in [-0.05, 0) is 49.2 Å². The quantitative estimate of drug-likeness (QED) is 0.827. The Balaban J connectivity index is 1.57. The van der Waals surface area contributed by atoms with Crippen molar-refractivity contribution in [1.29, 1.82) is 0 Å². The van der Waals surface area contributed by atoms with Crippen LogP contribution in [0.25, 0.3) is 0 Å². The number of ether oxygens (including phenoxy) is 2. The number of likely N-dealkylation sites (tertiary alicyclic amines) is 1. The number of methoxy groups -OCH3 is 2. The van der Waals surface area contributed by atoms with E-state index in [2.05, 4.69) is 10.6 Å². The minimum Gasteiger partial charge on any atom is -0.497 e. The molecule has 0 aromatic heterocycles. The van der Waals surface area contributed by atoms with Gasteiger partial charge in [-0.2, -0.15) is 0 Å². The van der Waals surface area contributed by atoms with Gasteiger partial charge in [-0.25, -0.2) is 4.79 Å². The molecular weight excluding hydrogens is 358 g/mol. The lowest BCUT2D eigenvalue weighted by Crippen LogP contribution is -2.45. The van der Waals surface area contributed by atoms with Crippen LogP contribution in [0.3, 0.4) is 0 Å². The summed E-state index contributed by atoms with van der Waals surface area (Å²) < 4.78 is 10.3. The zero-order chi connectivity index (χ0) is 19.9. The summed E-state index contributed by atoms with van der Waals surface area (Å²) in [4.78, 5) is 26.9. The molecule has 3 amide bonds. The third kappa shape index (κ3) is 4.94. The van der Waals surface area contributed by atoms with Gasteiger partial charge in [0, 0.05) is 30.5 Å². The van der Waals surface area contributed by atoms with E-state index in [-0.39, 0.29) is 17.9 Å². The molecule has 1 aliphatic heterocycles. The number of carbonyl (C=O) groups excluding carboxylic acids is 2. The molecule has 0 spiro atoms. The molecule has 0 aliphatic carbocycles. The fourth-order valence-corrected chi connectivity index (χ4v) is 3.20. The topological polar surface area (TPSA) is 79.9 Å². The molecule has 2 aromatic carbocycles. The van der Waals surface area contributed by atoms with E-state index < -0.39 is 0 Å². The van der Waals surface area contributed by atoms with Crippen molar-refractivity contribution in [3.05, 3.63) is 48.5 Å². The molecule has 0 bridgehead atoms. The van der Waals surface area contributed by atoms with Gasteiger partial charge in [0.2, 0.25) is 5.91 Å². The number of benzene rings is 2. The number of piperidine rings is 1. The number of hydrogen-bond acceptors (Lipinski definition) is 4. The maximum Gasteiger partial charge on any atom is 0.321 e. The van der Waals surface area contributed by atoms with Gasteiger partial charge in [0.15, 0.2) is 0 Å². The van der Waals surface area contributed by atoms with Gasteiger partial charge in [-0.3, -0.25) is 4.79 Å². The van der Waals surface area contributed by atoms with Crippen LogP contribution in [-0.4, -0.2) is 44.1 Å². The van der Waals surface area contributed by atoms with Crippen LogP contribution in [0.1, 0.15) is 12.8 Å². The molecule has 0 unspecified atom stereocenters. The van der Waals surface area contributed by atoms with Crippen LogP contribution in [0.4, 0.5) is 16.2 Å². The predicted molar refractivity (Wildman–Crippen MR) is 108 cm³/mol. The van der Waals surface area contributed by atoms with E-state index in [0.29, 0.717) is 30.2 Å². The normalized spacial score (nSPS) is 16.2. The van der Waals surface area contributed by atoms with Crippen molar-refractivity contribution >= 4 is 23.3 Å². The van der Waals surface area contributed by atoms with Crippen LogP contribution in [-0.2, 0) is 4.79 Å². The molecule has 1 heterocycles. The van der Waals surface area contributed by atoms with E-state index in [9.17, 15) is 9.59 Å². The van der Waals surface area contributed by atoms with Gasteiger partial charge in [-0.1, -0.05) is 6.07 Å². The van der Waals surface area contributed by atoms with Gasteiger partial charge in [-0.15, -0.1) is 0 Å². The molecule has 0 radical (unpaired) electrons. The maximum atomic E-state index is 12.6. The fourth-order valence-electron chi connectivity index (χ4n) is 3.20. The maximum absolute atomic E-state index is 12.6. The van der Waals surface area contributed by atoms with Crippen molar-refractivity contribution in [3.8, 4) is 11.5 Å². The Labute approximate surface area is 164 Å². The third-order valence-electron chi connectivity index (χ3n) is 4.76. The molecule has 0 saturated carbocycles. The lowest BCUT2D eigenvalue weighted by atomic mass is 9.97. The first-order valence-corrected chi connectivity index (χ1v) is 9.24. The highest BCUT2D eigenvalue weighted by atomic mass is 16.5. The highest BCUT2D eigenvalue weighted by Gasteiger charge is 2.28. The molecule has 3 rings (SSSR count). The number of hydrogen-bond donors (Lipinski definition) is 2. The summed E-state index contributed by atoms with van der Waals surface area (Å²) in [5, 5.41) is 5.79. The zero-order valence-electron chi connectivity index (χ0n) is 16.1. The van der Waals surface area contributed by atoms with Crippen LogP contribution in [0.2, 0.25) is 0 Å². The van der Waals surface area contributed by atoms with E-state index in [1.165, 1.54) is 0 Å². The molecule has 7 heteroatoms. The van der Waals surface area contributed by atoms with E-state index >= 15 is 0 Å². The van der Waals surface area contributed by atoms with Gasteiger partial charge >= 0.3 is 6.03 Å². The third-order valence-corrected chi connectivity index (χ3v) is 4.76. The first-order chi connectivity index (χ1) is 13.6. The Morgan fingerprint density at radius 2 is 1.71 bits per heavy atom. The van der Waals surface area contributed by atoms with Crippen molar-refractivity contribution in [1.82, 2.24) is 4.90 Å². The second-order valence-electron chi connectivity index (χ2n) is 6.67. The molecule has 28 heavy (non-hydrogen) atoms. The molecule has 1 atom stereocenters. The summed E-state index contributed by atoms with van der Waals surface area (Å²) in [7, 11) is 3.18. The molecule has 1 aliphatic rings. The fraction of sp³-hybridized carbons (Fsp3) is 0.333.